The Balaban J connectivity index is 3.12. The first-order valence-electron chi connectivity index (χ1n) is 16.7. The van der Waals surface area contributed by atoms with Crippen molar-refractivity contribution in [3.05, 3.63) is 0 Å². The molecule has 0 radical (unpaired) electrons. The number of nitrogens with zero attached hydrogens (tertiary/aromatic N) is 1. The second-order valence-electron chi connectivity index (χ2n) is 11.8. The lowest BCUT2D eigenvalue weighted by molar-refractivity contribution is 0.429. The van der Waals surface area contributed by atoms with Gasteiger partial charge in [0.1, 0.15) is 0 Å². The molecular formula is C34H67N. The minimum absolute atomic E-state index is 0.749. The van der Waals surface area contributed by atoms with Crippen molar-refractivity contribution < 1.29 is 0 Å². The monoisotopic (exact) mass is 490 g/mol. The van der Waals surface area contributed by atoms with Crippen LogP contribution in [-0.4, -0.2) is 0 Å². The topological polar surface area (TPSA) is 23.8 Å². The molecule has 0 spiro atoms. The van der Waals surface area contributed by atoms with Crippen LogP contribution in [0, 0.1) is 17.2 Å². The molecule has 0 aromatic carbocycles. The average molecular weight is 490 g/mol. The van der Waals surface area contributed by atoms with Crippen LogP contribution < -0.4 is 0 Å². The Kier molecular flexibility index (Phi) is 31.1. The van der Waals surface area contributed by atoms with Crippen molar-refractivity contribution in [2.75, 3.05) is 0 Å². The molecule has 0 bridgehead atoms. The van der Waals surface area contributed by atoms with Gasteiger partial charge in [-0.05, 0) is 12.3 Å². The van der Waals surface area contributed by atoms with E-state index in [-0.39, 0.29) is 0 Å². The molecule has 0 N–H and O–H groups in total. The molecule has 0 aromatic rings. The lowest BCUT2D eigenvalue weighted by Crippen LogP contribution is -1.95. The molecule has 0 aliphatic carbocycles. The van der Waals surface area contributed by atoms with Gasteiger partial charge in [-0.25, -0.2) is 0 Å². The van der Waals surface area contributed by atoms with Crippen LogP contribution in [0.1, 0.15) is 206 Å². The summed E-state index contributed by atoms with van der Waals surface area (Å²) in [5.74, 6) is 0.957. The summed E-state index contributed by atoms with van der Waals surface area (Å²) in [5.41, 5.74) is 0. The highest BCUT2D eigenvalue weighted by Crippen LogP contribution is 2.19. The summed E-state index contributed by atoms with van der Waals surface area (Å²) in [7, 11) is 0. The van der Waals surface area contributed by atoms with Crippen molar-refractivity contribution >= 4 is 0 Å². The molecular weight excluding hydrogens is 422 g/mol. The van der Waals surface area contributed by atoms with Crippen LogP contribution in [0.25, 0.3) is 0 Å². The lowest BCUT2D eigenvalue weighted by Gasteiger charge is -2.11. The zero-order valence-electron chi connectivity index (χ0n) is 24.7. The first-order valence-corrected chi connectivity index (χ1v) is 16.7. The van der Waals surface area contributed by atoms with E-state index in [0.29, 0.717) is 0 Å². The molecule has 0 saturated heterocycles. The summed E-state index contributed by atoms with van der Waals surface area (Å²) in [5, 5.41) is 8.53. The van der Waals surface area contributed by atoms with E-state index in [1.54, 1.807) is 0 Å². The Morgan fingerprint density at radius 2 is 0.657 bits per heavy atom. The van der Waals surface area contributed by atoms with Gasteiger partial charge in [0.15, 0.2) is 0 Å². The molecule has 1 nitrogen and oxygen atoms in total. The first-order chi connectivity index (χ1) is 17.3. The van der Waals surface area contributed by atoms with Crippen molar-refractivity contribution in [3.63, 3.8) is 0 Å². The van der Waals surface area contributed by atoms with Crippen molar-refractivity contribution in [3.8, 4) is 6.07 Å². The average Bonchev–Trinajstić information content (AvgIpc) is 2.86. The van der Waals surface area contributed by atoms with Crippen LogP contribution in [0.4, 0.5) is 0 Å². The molecule has 0 aliphatic heterocycles. The molecule has 35 heavy (non-hydrogen) atoms. The van der Waals surface area contributed by atoms with E-state index in [9.17, 15) is 0 Å². The van der Waals surface area contributed by atoms with Gasteiger partial charge in [0.05, 0.1) is 6.07 Å². The standard InChI is InChI=1S/C34H67N/c1-3-4-5-6-7-8-19-22-25-28-31-34(2)32-29-26-23-20-17-15-13-11-9-10-12-14-16-18-21-24-27-30-33-35/h34H,3-32H2,1-2H3. The van der Waals surface area contributed by atoms with Gasteiger partial charge >= 0.3 is 0 Å². The van der Waals surface area contributed by atoms with Gasteiger partial charge in [-0.1, -0.05) is 194 Å². The van der Waals surface area contributed by atoms with Crippen LogP contribution >= 0.6 is 0 Å². The predicted molar refractivity (Wildman–Crippen MR) is 159 cm³/mol. The van der Waals surface area contributed by atoms with E-state index >= 15 is 0 Å². The molecule has 0 saturated carbocycles. The fourth-order valence-electron chi connectivity index (χ4n) is 5.47. The molecule has 0 heterocycles. The summed E-state index contributed by atoms with van der Waals surface area (Å²) in [6.45, 7) is 4.80. The summed E-state index contributed by atoms with van der Waals surface area (Å²) in [4.78, 5) is 0. The maximum atomic E-state index is 8.53. The van der Waals surface area contributed by atoms with E-state index < -0.39 is 0 Å². The molecule has 1 unspecified atom stereocenters. The summed E-state index contributed by atoms with van der Waals surface area (Å²) >= 11 is 0. The van der Waals surface area contributed by atoms with Crippen molar-refractivity contribution in [1.29, 1.82) is 5.26 Å². The Labute approximate surface area is 223 Å². The van der Waals surface area contributed by atoms with Gasteiger partial charge in [-0.3, -0.25) is 0 Å². The van der Waals surface area contributed by atoms with Gasteiger partial charge in [0.2, 0.25) is 0 Å². The van der Waals surface area contributed by atoms with Crippen LogP contribution in [0.2, 0.25) is 0 Å². The Bertz CT molecular complexity index is 409. The van der Waals surface area contributed by atoms with E-state index in [1.165, 1.54) is 180 Å². The highest BCUT2D eigenvalue weighted by Gasteiger charge is 2.02. The van der Waals surface area contributed by atoms with Crippen LogP contribution in [0.15, 0.2) is 0 Å². The van der Waals surface area contributed by atoms with Crippen LogP contribution in [-0.2, 0) is 0 Å². The van der Waals surface area contributed by atoms with Gasteiger partial charge in [-0.15, -0.1) is 0 Å². The number of rotatable bonds is 30. The normalized spacial score (nSPS) is 12.1. The second kappa shape index (κ2) is 31.5. The molecule has 208 valence electrons. The van der Waals surface area contributed by atoms with Gasteiger partial charge in [-0.2, -0.15) is 5.26 Å². The first kappa shape index (κ1) is 34.5. The third-order valence-electron chi connectivity index (χ3n) is 8.04. The van der Waals surface area contributed by atoms with Gasteiger partial charge in [0, 0.05) is 6.42 Å². The predicted octanol–water partition coefficient (Wildman–Crippen LogP) is 12.9. The quantitative estimate of drug-likeness (QED) is 0.0920. The van der Waals surface area contributed by atoms with E-state index in [2.05, 4.69) is 19.9 Å². The number of unbranched alkanes of at least 4 members (excludes halogenated alkanes) is 26. The summed E-state index contributed by atoms with van der Waals surface area (Å²) in [6, 6.07) is 2.24. The molecule has 0 fully saturated rings. The Morgan fingerprint density at radius 3 is 0.943 bits per heavy atom. The number of hydrogen-bond acceptors (Lipinski definition) is 1. The molecule has 0 amide bonds. The summed E-state index contributed by atoms with van der Waals surface area (Å²) in [6.07, 6.45) is 42.3. The molecule has 1 heteroatoms. The van der Waals surface area contributed by atoms with E-state index in [1.807, 2.05) is 0 Å². The highest BCUT2D eigenvalue weighted by molar-refractivity contribution is 4.67. The molecule has 1 atom stereocenters. The maximum absolute atomic E-state index is 8.53. The van der Waals surface area contributed by atoms with Gasteiger partial charge in [0.25, 0.3) is 0 Å². The Hall–Kier alpha value is -0.510. The largest absolute Gasteiger partial charge is 0.198 e. The Morgan fingerprint density at radius 1 is 0.400 bits per heavy atom. The SMILES string of the molecule is CCCCCCCCCCCCC(C)CCCCCCCCCCCCCCCCCCCC#N. The van der Waals surface area contributed by atoms with Gasteiger partial charge < -0.3 is 0 Å². The maximum Gasteiger partial charge on any atom is 0.0621 e. The molecule has 0 aliphatic rings. The molecule has 0 rings (SSSR count). The van der Waals surface area contributed by atoms with Crippen molar-refractivity contribution in [2.45, 2.75) is 206 Å². The fourth-order valence-corrected chi connectivity index (χ4v) is 5.47. The zero-order valence-corrected chi connectivity index (χ0v) is 24.7. The van der Waals surface area contributed by atoms with Crippen LogP contribution in [0.5, 0.6) is 0 Å². The fraction of sp³-hybridized carbons (Fsp3) is 0.971. The second-order valence-corrected chi connectivity index (χ2v) is 11.8. The number of hydrogen-bond donors (Lipinski definition) is 0. The molecule has 0 aromatic heterocycles. The minimum atomic E-state index is 0.749. The van der Waals surface area contributed by atoms with Crippen molar-refractivity contribution in [2.24, 2.45) is 5.92 Å². The van der Waals surface area contributed by atoms with E-state index in [0.717, 1.165) is 18.8 Å². The smallest absolute Gasteiger partial charge is 0.0621 e. The lowest BCUT2D eigenvalue weighted by atomic mass is 9.95. The minimum Gasteiger partial charge on any atom is -0.198 e. The zero-order chi connectivity index (χ0) is 25.5. The van der Waals surface area contributed by atoms with Crippen LogP contribution in [0.3, 0.4) is 0 Å². The number of nitriles is 1. The van der Waals surface area contributed by atoms with Crippen molar-refractivity contribution in [1.82, 2.24) is 0 Å². The third kappa shape index (κ3) is 31.5. The van der Waals surface area contributed by atoms with E-state index in [4.69, 9.17) is 5.26 Å². The highest BCUT2D eigenvalue weighted by atomic mass is 14.2. The third-order valence-corrected chi connectivity index (χ3v) is 8.04. The summed E-state index contributed by atoms with van der Waals surface area (Å²) < 4.78 is 0.